The van der Waals surface area contributed by atoms with Crippen LogP contribution in [-0.2, 0) is 26.1 Å². The van der Waals surface area contributed by atoms with Gasteiger partial charge < -0.3 is 15.0 Å². The number of amides is 2. The summed E-state index contributed by atoms with van der Waals surface area (Å²) >= 11 is 14.1. The van der Waals surface area contributed by atoms with Crippen molar-refractivity contribution in [2.45, 2.75) is 63.2 Å². The van der Waals surface area contributed by atoms with Crippen molar-refractivity contribution in [3.8, 4) is 0 Å². The van der Waals surface area contributed by atoms with E-state index in [1.165, 1.54) is 6.20 Å². The Balaban J connectivity index is 1.58. The van der Waals surface area contributed by atoms with Gasteiger partial charge in [-0.3, -0.25) is 9.59 Å². The first-order valence-corrected chi connectivity index (χ1v) is 17.7. The van der Waals surface area contributed by atoms with E-state index < -0.39 is 40.0 Å². The standard InChI is InChI=1S/C30H32Cl2N4O6S2/c1-3-42-30(39)24-15-33-25(43-24)16-34-28(37)26-18-8-4-5-9-19(18)29(38)36(27(26)20-13-12-17(31)14-21(20)32)23-11-7-6-10-22(23)35-44(2,40)41/h4-5,8-9,12-15,22-23,26-27,35H,3,6-7,10-11,16H2,1-2H3,(H,34,37)/t22-,23?,26+,27-/m0/s1. The third kappa shape index (κ3) is 6.94. The largest absolute Gasteiger partial charge is 0.462 e. The molecule has 234 valence electrons. The summed E-state index contributed by atoms with van der Waals surface area (Å²) < 4.78 is 32.5. The fraction of sp³-hybridized carbons (Fsp3) is 0.400. The Morgan fingerprint density at radius 2 is 1.86 bits per heavy atom. The number of halogens is 2. The Bertz CT molecular complexity index is 1680. The average Bonchev–Trinajstić information content (AvgIpc) is 3.45. The number of rotatable bonds is 9. The van der Waals surface area contributed by atoms with Gasteiger partial charge in [-0.1, -0.05) is 60.3 Å². The molecule has 1 aliphatic heterocycles. The second kappa shape index (κ2) is 13.5. The molecule has 1 unspecified atom stereocenters. The molecule has 1 saturated carbocycles. The van der Waals surface area contributed by atoms with Crippen LogP contribution in [0.5, 0.6) is 0 Å². The quantitative estimate of drug-likeness (QED) is 0.301. The van der Waals surface area contributed by atoms with Crippen molar-refractivity contribution in [1.82, 2.24) is 19.9 Å². The van der Waals surface area contributed by atoms with Gasteiger partial charge in [0.15, 0.2) is 0 Å². The summed E-state index contributed by atoms with van der Waals surface area (Å²) in [5, 5.41) is 4.12. The van der Waals surface area contributed by atoms with Crippen LogP contribution in [0.25, 0.3) is 0 Å². The average molecular weight is 680 g/mol. The molecule has 14 heteroatoms. The van der Waals surface area contributed by atoms with Crippen molar-refractivity contribution >= 4 is 62.3 Å². The zero-order valence-electron chi connectivity index (χ0n) is 24.1. The number of thiazole rings is 1. The van der Waals surface area contributed by atoms with Gasteiger partial charge in [0.05, 0.1) is 37.6 Å². The number of benzene rings is 2. The topological polar surface area (TPSA) is 135 Å². The lowest BCUT2D eigenvalue weighted by Crippen LogP contribution is -2.59. The Hall–Kier alpha value is -3.03. The van der Waals surface area contributed by atoms with Gasteiger partial charge in [-0.25, -0.2) is 22.9 Å². The monoisotopic (exact) mass is 678 g/mol. The number of hydrogen-bond acceptors (Lipinski definition) is 8. The molecule has 2 N–H and O–H groups in total. The molecule has 0 bridgehead atoms. The SMILES string of the molecule is CCOC(=O)c1cnc(CNC(=O)[C@@H]2c3ccccc3C(=O)N(C3CCCC[C@@H]3NS(C)(=O)=O)[C@H]2c2ccc(Cl)cc2Cl)s1. The Morgan fingerprint density at radius 1 is 1.11 bits per heavy atom. The molecule has 2 aliphatic rings. The number of carbonyl (C=O) groups is 3. The second-order valence-corrected chi connectivity index (χ2v) is 14.5. The fourth-order valence-corrected chi connectivity index (χ4v) is 8.19. The molecule has 44 heavy (non-hydrogen) atoms. The fourth-order valence-electron chi connectivity index (χ4n) is 6.09. The zero-order chi connectivity index (χ0) is 31.6. The molecule has 0 saturated heterocycles. The summed E-state index contributed by atoms with van der Waals surface area (Å²) in [6, 6.07) is 9.89. The minimum absolute atomic E-state index is 0.0400. The van der Waals surface area contributed by atoms with E-state index in [4.69, 9.17) is 27.9 Å². The van der Waals surface area contributed by atoms with E-state index in [1.807, 2.05) is 0 Å². The molecule has 2 amide bonds. The van der Waals surface area contributed by atoms with Crippen LogP contribution in [0.15, 0.2) is 48.7 Å². The summed E-state index contributed by atoms with van der Waals surface area (Å²) in [5.41, 5.74) is 1.40. The minimum atomic E-state index is -3.60. The van der Waals surface area contributed by atoms with Gasteiger partial charge in [0.25, 0.3) is 5.91 Å². The number of fused-ring (bicyclic) bond motifs is 1. The van der Waals surface area contributed by atoms with Gasteiger partial charge in [-0.2, -0.15) is 0 Å². The van der Waals surface area contributed by atoms with Crippen molar-refractivity contribution < 1.29 is 27.5 Å². The summed E-state index contributed by atoms with van der Waals surface area (Å²) in [7, 11) is -3.60. The lowest BCUT2D eigenvalue weighted by atomic mass is 9.76. The van der Waals surface area contributed by atoms with Crippen LogP contribution in [-0.4, -0.2) is 61.0 Å². The first kappa shape index (κ1) is 32.4. The molecule has 1 aromatic heterocycles. The molecule has 1 fully saturated rings. The number of aromatic nitrogens is 1. The van der Waals surface area contributed by atoms with Gasteiger partial charge in [0.2, 0.25) is 15.9 Å². The highest BCUT2D eigenvalue weighted by molar-refractivity contribution is 7.88. The number of ether oxygens (including phenoxy) is 1. The van der Waals surface area contributed by atoms with Gasteiger partial charge in [0.1, 0.15) is 9.88 Å². The first-order chi connectivity index (χ1) is 21.0. The summed E-state index contributed by atoms with van der Waals surface area (Å²) in [5.74, 6) is -2.10. The summed E-state index contributed by atoms with van der Waals surface area (Å²) in [6.45, 7) is 1.99. The lowest BCUT2D eigenvalue weighted by Gasteiger charge is -2.49. The number of nitrogens with zero attached hydrogens (tertiary/aromatic N) is 2. The Labute approximate surface area is 270 Å². The molecule has 4 atom stereocenters. The van der Waals surface area contributed by atoms with Crippen molar-refractivity contribution in [1.29, 1.82) is 0 Å². The molecule has 0 spiro atoms. The highest BCUT2D eigenvalue weighted by Crippen LogP contribution is 2.48. The summed E-state index contributed by atoms with van der Waals surface area (Å²) in [6.07, 6.45) is 5.15. The van der Waals surface area contributed by atoms with Crippen LogP contribution in [0.2, 0.25) is 10.0 Å². The molecule has 3 aromatic rings. The molecule has 0 radical (unpaired) electrons. The predicted octanol–water partition coefficient (Wildman–Crippen LogP) is 5.08. The number of carbonyl (C=O) groups excluding carboxylic acids is 3. The number of hydrogen-bond donors (Lipinski definition) is 2. The van der Waals surface area contributed by atoms with Crippen molar-refractivity contribution in [3.05, 3.63) is 85.3 Å². The van der Waals surface area contributed by atoms with Gasteiger partial charge in [-0.15, -0.1) is 11.3 Å². The van der Waals surface area contributed by atoms with E-state index in [1.54, 1.807) is 54.3 Å². The Kier molecular flexibility index (Phi) is 9.96. The maximum absolute atomic E-state index is 14.4. The Morgan fingerprint density at radius 3 is 2.59 bits per heavy atom. The molecular formula is C30H32Cl2N4O6S2. The van der Waals surface area contributed by atoms with E-state index in [-0.39, 0.29) is 30.0 Å². The molecule has 5 rings (SSSR count). The highest BCUT2D eigenvalue weighted by Gasteiger charge is 2.49. The van der Waals surface area contributed by atoms with Crippen LogP contribution in [0.3, 0.4) is 0 Å². The molecule has 1 aliphatic carbocycles. The van der Waals surface area contributed by atoms with Gasteiger partial charge in [-0.05, 0) is 49.1 Å². The second-order valence-electron chi connectivity index (χ2n) is 10.8. The number of esters is 1. The third-order valence-corrected chi connectivity index (χ3v) is 10.1. The van der Waals surface area contributed by atoms with Crippen LogP contribution < -0.4 is 10.0 Å². The summed E-state index contributed by atoms with van der Waals surface area (Å²) in [4.78, 5) is 46.9. The maximum Gasteiger partial charge on any atom is 0.349 e. The van der Waals surface area contributed by atoms with Crippen LogP contribution in [0, 0.1) is 0 Å². The highest BCUT2D eigenvalue weighted by atomic mass is 35.5. The predicted molar refractivity (Wildman–Crippen MR) is 168 cm³/mol. The van der Waals surface area contributed by atoms with Crippen molar-refractivity contribution in [3.63, 3.8) is 0 Å². The third-order valence-electron chi connectivity index (χ3n) is 7.84. The smallest absolute Gasteiger partial charge is 0.349 e. The van der Waals surface area contributed by atoms with E-state index >= 15 is 0 Å². The molecule has 10 nitrogen and oxygen atoms in total. The number of sulfonamides is 1. The molecular weight excluding hydrogens is 647 g/mol. The zero-order valence-corrected chi connectivity index (χ0v) is 27.2. The van der Waals surface area contributed by atoms with Crippen LogP contribution in [0.1, 0.15) is 80.7 Å². The maximum atomic E-state index is 14.4. The number of nitrogens with one attached hydrogen (secondary N) is 2. The van der Waals surface area contributed by atoms with E-state index in [0.29, 0.717) is 44.4 Å². The van der Waals surface area contributed by atoms with Crippen LogP contribution in [0.4, 0.5) is 0 Å². The van der Waals surface area contributed by atoms with Crippen LogP contribution >= 0.6 is 34.5 Å². The minimum Gasteiger partial charge on any atom is -0.462 e. The van der Waals surface area contributed by atoms with Crippen molar-refractivity contribution in [2.24, 2.45) is 0 Å². The van der Waals surface area contributed by atoms with Crippen molar-refractivity contribution in [2.75, 3.05) is 12.9 Å². The lowest BCUT2D eigenvalue weighted by molar-refractivity contribution is -0.124. The van der Waals surface area contributed by atoms with E-state index in [9.17, 15) is 22.8 Å². The van der Waals surface area contributed by atoms with Gasteiger partial charge >= 0.3 is 5.97 Å². The first-order valence-electron chi connectivity index (χ1n) is 14.2. The molecule has 2 heterocycles. The van der Waals surface area contributed by atoms with E-state index in [0.717, 1.165) is 30.4 Å². The molecule has 2 aromatic carbocycles. The van der Waals surface area contributed by atoms with Gasteiger partial charge in [0, 0.05) is 27.7 Å². The normalized spacial score (nSPS) is 21.9. The van der Waals surface area contributed by atoms with E-state index in [2.05, 4.69) is 15.0 Å².